The molecule has 0 aromatic rings. The van der Waals surface area contributed by atoms with Gasteiger partial charge in [-0.1, -0.05) is 0 Å². The molecule has 0 aromatic carbocycles. The Hall–Kier alpha value is -1.61. The van der Waals surface area contributed by atoms with E-state index in [4.69, 9.17) is 15.7 Å². The Balaban J connectivity index is 2.34. The predicted molar refractivity (Wildman–Crippen MR) is 64.2 cm³/mol. The van der Waals surface area contributed by atoms with Crippen LogP contribution in [0.4, 0.5) is 0 Å². The maximum Gasteiger partial charge on any atom is 0.249 e. The first-order valence-electron chi connectivity index (χ1n) is 6.23. The third-order valence-electron chi connectivity index (χ3n) is 2.91. The molecule has 0 aliphatic carbocycles. The van der Waals surface area contributed by atoms with Gasteiger partial charge in [-0.05, 0) is 32.1 Å². The first-order chi connectivity index (χ1) is 8.65. The van der Waals surface area contributed by atoms with Gasteiger partial charge in [-0.3, -0.25) is 9.59 Å². The third kappa shape index (κ3) is 4.72. The zero-order valence-corrected chi connectivity index (χ0v) is 10.4. The van der Waals surface area contributed by atoms with Crippen LogP contribution in [-0.2, 0) is 14.3 Å². The lowest BCUT2D eigenvalue weighted by Crippen LogP contribution is -2.47. The number of nitriles is 1. The molecule has 0 radical (unpaired) electrons. The summed E-state index contributed by atoms with van der Waals surface area (Å²) < 4.78 is 5.23. The molecule has 18 heavy (non-hydrogen) atoms. The van der Waals surface area contributed by atoms with E-state index in [0.717, 1.165) is 6.42 Å². The maximum atomic E-state index is 11.8. The van der Waals surface area contributed by atoms with E-state index in [1.54, 1.807) is 0 Å². The molecule has 1 saturated heterocycles. The Morgan fingerprint density at radius 1 is 1.50 bits per heavy atom. The number of primary amides is 1. The van der Waals surface area contributed by atoms with Crippen molar-refractivity contribution >= 4 is 11.8 Å². The maximum absolute atomic E-state index is 11.8. The number of hydrogen-bond acceptors (Lipinski definition) is 4. The van der Waals surface area contributed by atoms with Crippen molar-refractivity contribution in [3.63, 3.8) is 0 Å². The van der Waals surface area contributed by atoms with Crippen molar-refractivity contribution in [3.8, 4) is 6.07 Å². The number of amides is 2. The van der Waals surface area contributed by atoms with Crippen LogP contribution in [0.3, 0.4) is 0 Å². The Morgan fingerprint density at radius 3 is 2.83 bits per heavy atom. The highest BCUT2D eigenvalue weighted by atomic mass is 16.5. The summed E-state index contributed by atoms with van der Waals surface area (Å²) in [6, 6.07) is 1.37. The minimum absolute atomic E-state index is 0.267. The van der Waals surface area contributed by atoms with Gasteiger partial charge in [0, 0.05) is 13.0 Å². The Kier molecular flexibility index (Phi) is 6.15. The average molecular weight is 253 g/mol. The number of nitrogens with one attached hydrogen (secondary N) is 1. The highest BCUT2D eigenvalue weighted by molar-refractivity contribution is 5.88. The van der Waals surface area contributed by atoms with Crippen LogP contribution in [0, 0.1) is 11.3 Å². The van der Waals surface area contributed by atoms with Crippen molar-refractivity contribution in [2.24, 2.45) is 5.73 Å². The van der Waals surface area contributed by atoms with Crippen LogP contribution in [0.15, 0.2) is 0 Å². The van der Waals surface area contributed by atoms with Gasteiger partial charge in [-0.2, -0.15) is 5.26 Å². The molecule has 1 aliphatic rings. The molecule has 1 aliphatic heterocycles. The van der Waals surface area contributed by atoms with Gasteiger partial charge in [-0.15, -0.1) is 0 Å². The molecule has 0 spiro atoms. The van der Waals surface area contributed by atoms with Crippen molar-refractivity contribution in [2.75, 3.05) is 6.61 Å². The average Bonchev–Trinajstić information content (AvgIpc) is 2.86. The number of nitrogens with zero attached hydrogens (tertiary/aromatic N) is 1. The molecule has 1 rings (SSSR count). The molecule has 1 heterocycles. The topological polar surface area (TPSA) is 105 Å². The molecule has 2 amide bonds. The second-order valence-electron chi connectivity index (χ2n) is 4.37. The minimum atomic E-state index is -0.666. The summed E-state index contributed by atoms with van der Waals surface area (Å²) >= 11 is 0. The molecule has 3 N–H and O–H groups in total. The Bertz CT molecular complexity index is 332. The van der Waals surface area contributed by atoms with E-state index in [-0.39, 0.29) is 5.91 Å². The van der Waals surface area contributed by atoms with Gasteiger partial charge in [0.05, 0.1) is 6.07 Å². The number of carbonyl (C=O) groups is 2. The van der Waals surface area contributed by atoms with Crippen LogP contribution in [0.5, 0.6) is 0 Å². The summed E-state index contributed by atoms with van der Waals surface area (Å²) in [5.74, 6) is -0.810. The Labute approximate surface area is 106 Å². The van der Waals surface area contributed by atoms with Crippen LogP contribution in [0.1, 0.15) is 38.5 Å². The van der Waals surface area contributed by atoms with Crippen LogP contribution in [0.2, 0.25) is 0 Å². The molecule has 0 aromatic heterocycles. The first-order valence-corrected chi connectivity index (χ1v) is 6.23. The fourth-order valence-corrected chi connectivity index (χ4v) is 1.89. The van der Waals surface area contributed by atoms with Gasteiger partial charge in [0.2, 0.25) is 11.8 Å². The quantitative estimate of drug-likeness (QED) is 0.633. The van der Waals surface area contributed by atoms with E-state index in [2.05, 4.69) is 5.32 Å². The van der Waals surface area contributed by atoms with Gasteiger partial charge >= 0.3 is 0 Å². The molecule has 6 nitrogen and oxygen atoms in total. The largest absolute Gasteiger partial charge is 0.368 e. The number of unbranched alkanes of at least 4 members (excludes halogenated alkanes) is 2. The highest BCUT2D eigenvalue weighted by Gasteiger charge is 2.27. The zero-order chi connectivity index (χ0) is 13.4. The van der Waals surface area contributed by atoms with Crippen LogP contribution < -0.4 is 11.1 Å². The molecule has 1 fully saturated rings. The number of rotatable bonds is 7. The second-order valence-corrected chi connectivity index (χ2v) is 4.37. The monoisotopic (exact) mass is 253 g/mol. The first kappa shape index (κ1) is 14.5. The van der Waals surface area contributed by atoms with E-state index in [0.29, 0.717) is 38.7 Å². The van der Waals surface area contributed by atoms with Crippen LogP contribution >= 0.6 is 0 Å². The summed E-state index contributed by atoms with van der Waals surface area (Å²) in [4.78, 5) is 23.0. The van der Waals surface area contributed by atoms with Gasteiger partial charge in [-0.25, -0.2) is 0 Å². The molecule has 0 bridgehead atoms. The van der Waals surface area contributed by atoms with E-state index in [9.17, 15) is 9.59 Å². The van der Waals surface area contributed by atoms with Gasteiger partial charge in [0.25, 0.3) is 0 Å². The molecule has 100 valence electrons. The fraction of sp³-hybridized carbons (Fsp3) is 0.750. The normalized spacial score (nSPS) is 20.1. The second kappa shape index (κ2) is 7.67. The third-order valence-corrected chi connectivity index (χ3v) is 2.91. The molecule has 6 heteroatoms. The fourth-order valence-electron chi connectivity index (χ4n) is 1.89. The van der Waals surface area contributed by atoms with E-state index in [1.165, 1.54) is 0 Å². The SMILES string of the molecule is N#CCCCC[C@@H](NC(=O)[C@@H]1CCCO1)C(N)=O. The van der Waals surface area contributed by atoms with Crippen molar-refractivity contribution in [1.29, 1.82) is 5.26 Å². The number of hydrogen-bond donors (Lipinski definition) is 2. The van der Waals surface area contributed by atoms with Gasteiger partial charge < -0.3 is 15.8 Å². The summed E-state index contributed by atoms with van der Waals surface area (Å²) in [6.07, 6.45) is 3.41. The molecular weight excluding hydrogens is 234 g/mol. The zero-order valence-electron chi connectivity index (χ0n) is 10.4. The number of ether oxygens (including phenoxy) is 1. The lowest BCUT2D eigenvalue weighted by Gasteiger charge is -2.17. The lowest BCUT2D eigenvalue weighted by atomic mass is 10.1. The molecule has 0 saturated carbocycles. The molecule has 0 unspecified atom stereocenters. The standard InChI is InChI=1S/C12H19N3O3/c13-7-3-1-2-5-9(11(14)16)15-12(17)10-6-4-8-18-10/h9-10H,1-6,8H2,(H2,14,16)(H,15,17)/t9-,10+/m1/s1. The van der Waals surface area contributed by atoms with E-state index < -0.39 is 18.1 Å². The summed E-state index contributed by atoms with van der Waals surface area (Å²) in [5.41, 5.74) is 5.24. The van der Waals surface area contributed by atoms with Crippen molar-refractivity contribution in [3.05, 3.63) is 0 Å². The van der Waals surface area contributed by atoms with Crippen molar-refractivity contribution in [1.82, 2.24) is 5.32 Å². The highest BCUT2D eigenvalue weighted by Crippen LogP contribution is 2.12. The minimum Gasteiger partial charge on any atom is -0.368 e. The molecule has 2 atom stereocenters. The summed E-state index contributed by atoms with van der Waals surface area (Å²) in [7, 11) is 0. The van der Waals surface area contributed by atoms with Gasteiger partial charge in [0.1, 0.15) is 12.1 Å². The number of carbonyl (C=O) groups excluding carboxylic acids is 2. The van der Waals surface area contributed by atoms with Crippen LogP contribution in [0.25, 0.3) is 0 Å². The van der Waals surface area contributed by atoms with Crippen molar-refractivity contribution in [2.45, 2.75) is 50.7 Å². The van der Waals surface area contributed by atoms with Gasteiger partial charge in [0.15, 0.2) is 0 Å². The predicted octanol–water partition coefficient (Wildman–Crippen LogP) is 0.219. The van der Waals surface area contributed by atoms with Crippen molar-refractivity contribution < 1.29 is 14.3 Å². The summed E-state index contributed by atoms with van der Waals surface area (Å²) in [6.45, 7) is 0.585. The van der Waals surface area contributed by atoms with E-state index >= 15 is 0 Å². The molecular formula is C12H19N3O3. The number of nitrogens with two attached hydrogens (primary N) is 1. The Morgan fingerprint density at radius 2 is 2.28 bits per heavy atom. The lowest BCUT2D eigenvalue weighted by molar-refractivity contribution is -0.133. The van der Waals surface area contributed by atoms with Crippen LogP contribution in [-0.4, -0.2) is 30.6 Å². The smallest absolute Gasteiger partial charge is 0.249 e. The van der Waals surface area contributed by atoms with E-state index in [1.807, 2.05) is 6.07 Å². The summed E-state index contributed by atoms with van der Waals surface area (Å²) in [5, 5.41) is 11.0.